The minimum atomic E-state index is -1.01. The Labute approximate surface area is 272 Å². The van der Waals surface area contributed by atoms with E-state index in [0.29, 0.717) is 28.1 Å². The summed E-state index contributed by atoms with van der Waals surface area (Å²) in [6, 6.07) is 16.8. The van der Waals surface area contributed by atoms with Gasteiger partial charge in [0.15, 0.2) is 4.90 Å². The van der Waals surface area contributed by atoms with Crippen molar-refractivity contribution in [2.24, 2.45) is 0 Å². The molecule has 0 N–H and O–H groups in total. The van der Waals surface area contributed by atoms with Crippen molar-refractivity contribution in [3.05, 3.63) is 103 Å². The highest BCUT2D eigenvalue weighted by Crippen LogP contribution is 2.35. The van der Waals surface area contributed by atoms with Gasteiger partial charge in [-0.15, -0.1) is 0 Å². The monoisotopic (exact) mass is 655 g/mol. The van der Waals surface area contributed by atoms with Crippen molar-refractivity contribution < 1.29 is 14.3 Å². The van der Waals surface area contributed by atoms with Crippen molar-refractivity contribution in [1.29, 1.82) is 0 Å². The van der Waals surface area contributed by atoms with Crippen LogP contribution >= 0.6 is 23.2 Å². The largest absolute Gasteiger partial charge is 0.612 e. The standard InChI is InChI=1S/C34H39Cl2N3O4S/c1-37(34(40)30-21-27(39(41)42)19-25-7-3-4-8-28(25)30)22-26(24-11-12-31(35)32(36)20-24)15-18-38-16-13-23(14-17-38)29-9-5-6-10-33(29)44(2)43/h5-6,9-12,19-21,23,26H,3-4,7-8,13-18,22H2,1-2H3/t26-,44+/m1/s1. The van der Waals surface area contributed by atoms with E-state index in [4.69, 9.17) is 23.2 Å². The number of aryl methyl sites for hydroxylation is 1. The summed E-state index contributed by atoms with van der Waals surface area (Å²) in [4.78, 5) is 30.2. The van der Waals surface area contributed by atoms with Crippen LogP contribution in [-0.2, 0) is 24.0 Å². The van der Waals surface area contributed by atoms with Crippen LogP contribution < -0.4 is 0 Å². The van der Waals surface area contributed by atoms with Gasteiger partial charge < -0.3 is 14.4 Å². The predicted molar refractivity (Wildman–Crippen MR) is 178 cm³/mol. The number of carbonyl (C=O) groups is 1. The third kappa shape index (κ3) is 7.60. The number of hydrogen-bond acceptors (Lipinski definition) is 5. The van der Waals surface area contributed by atoms with Crippen molar-refractivity contribution in [3.8, 4) is 0 Å². The maximum atomic E-state index is 13.9. The molecule has 0 unspecified atom stereocenters. The topological polar surface area (TPSA) is 89.8 Å². The van der Waals surface area contributed by atoms with Crippen molar-refractivity contribution in [2.75, 3.05) is 39.5 Å². The number of rotatable bonds is 10. The Morgan fingerprint density at radius 2 is 1.80 bits per heavy atom. The lowest BCUT2D eigenvalue weighted by Gasteiger charge is -2.34. The van der Waals surface area contributed by atoms with E-state index in [2.05, 4.69) is 11.0 Å². The summed E-state index contributed by atoms with van der Waals surface area (Å²) in [5.74, 6) is 0.195. The van der Waals surface area contributed by atoms with E-state index in [1.54, 1.807) is 30.3 Å². The lowest BCUT2D eigenvalue weighted by Crippen LogP contribution is -2.36. The van der Waals surface area contributed by atoms with Crippen LogP contribution in [0.1, 0.15) is 76.6 Å². The van der Waals surface area contributed by atoms with Crippen LogP contribution in [0, 0.1) is 10.1 Å². The molecule has 2 aliphatic rings. The number of fused-ring (bicyclic) bond motifs is 1. The molecule has 1 amide bonds. The summed E-state index contributed by atoms with van der Waals surface area (Å²) in [5, 5.41) is 12.6. The fourth-order valence-corrected chi connectivity index (χ4v) is 7.92. The molecule has 1 fully saturated rings. The molecule has 1 aliphatic heterocycles. The van der Waals surface area contributed by atoms with Gasteiger partial charge in [0.2, 0.25) is 0 Å². The zero-order valence-electron chi connectivity index (χ0n) is 25.3. The van der Waals surface area contributed by atoms with E-state index >= 15 is 0 Å². The SMILES string of the molecule is CN(C[C@@H](CCN1CCC(c2ccccc2[S@+](C)[O-])CC1)c1ccc(Cl)c(Cl)c1)C(=O)c1cc([N+](=O)[O-])cc2c1CCCC2. The highest BCUT2D eigenvalue weighted by molar-refractivity contribution is 7.90. The number of non-ortho nitro benzene ring substituents is 1. The van der Waals surface area contributed by atoms with Gasteiger partial charge in [-0.25, -0.2) is 0 Å². The normalized spacial score (nSPS) is 17.1. The molecular formula is C34H39Cl2N3O4S. The first-order valence-corrected chi connectivity index (χ1v) is 17.6. The predicted octanol–water partition coefficient (Wildman–Crippen LogP) is 7.64. The minimum Gasteiger partial charge on any atom is -0.612 e. The number of nitrogens with zero attached hydrogens (tertiary/aromatic N) is 3. The van der Waals surface area contributed by atoms with E-state index in [1.165, 1.54) is 11.6 Å². The second-order valence-electron chi connectivity index (χ2n) is 12.0. The molecule has 2 atom stereocenters. The number of likely N-dealkylation sites (tertiary alicyclic amines) is 1. The van der Waals surface area contributed by atoms with Crippen molar-refractivity contribution in [2.45, 2.75) is 61.7 Å². The first-order chi connectivity index (χ1) is 21.1. The third-order valence-corrected chi connectivity index (χ3v) is 10.9. The molecule has 5 rings (SSSR count). The van der Waals surface area contributed by atoms with Gasteiger partial charge in [-0.2, -0.15) is 0 Å². The number of nitro groups is 1. The Morgan fingerprint density at radius 3 is 2.50 bits per heavy atom. The van der Waals surface area contributed by atoms with Crippen LogP contribution in [0.3, 0.4) is 0 Å². The molecule has 1 heterocycles. The average Bonchev–Trinajstić information content (AvgIpc) is 3.03. The lowest BCUT2D eigenvalue weighted by atomic mass is 9.87. The molecular weight excluding hydrogens is 617 g/mol. The summed E-state index contributed by atoms with van der Waals surface area (Å²) < 4.78 is 12.3. The number of piperidine rings is 1. The quantitative estimate of drug-likeness (QED) is 0.127. The third-order valence-electron chi connectivity index (χ3n) is 9.20. The summed E-state index contributed by atoms with van der Waals surface area (Å²) in [5.41, 5.74) is 4.49. The fraction of sp³-hybridized carbons (Fsp3) is 0.441. The first kappa shape index (κ1) is 32.8. The molecule has 1 aliphatic carbocycles. The molecule has 3 aromatic carbocycles. The molecule has 0 aromatic heterocycles. The Balaban J connectivity index is 1.30. The second-order valence-corrected chi connectivity index (χ2v) is 14.2. The molecule has 3 aromatic rings. The summed E-state index contributed by atoms with van der Waals surface area (Å²) in [6.45, 7) is 3.18. The van der Waals surface area contributed by atoms with Gasteiger partial charge in [0.1, 0.15) is 6.26 Å². The van der Waals surface area contributed by atoms with Gasteiger partial charge in [0, 0.05) is 42.8 Å². The Bertz CT molecular complexity index is 1510. The van der Waals surface area contributed by atoms with Crippen molar-refractivity contribution in [1.82, 2.24) is 9.80 Å². The van der Waals surface area contributed by atoms with E-state index < -0.39 is 16.1 Å². The molecule has 0 spiro atoms. The highest BCUT2D eigenvalue weighted by atomic mass is 35.5. The maximum Gasteiger partial charge on any atom is 0.270 e. The Morgan fingerprint density at radius 1 is 1.07 bits per heavy atom. The Kier molecular flexibility index (Phi) is 10.9. The zero-order chi connectivity index (χ0) is 31.4. The number of hydrogen-bond donors (Lipinski definition) is 0. The van der Waals surface area contributed by atoms with Crippen molar-refractivity contribution in [3.63, 3.8) is 0 Å². The number of likely N-dealkylation sites (N-methyl/N-ethyl adjacent to an activating group) is 1. The first-order valence-electron chi connectivity index (χ1n) is 15.3. The van der Waals surface area contributed by atoms with Gasteiger partial charge in [0.25, 0.3) is 11.6 Å². The van der Waals surface area contributed by atoms with Crippen LogP contribution in [-0.4, -0.2) is 64.7 Å². The van der Waals surface area contributed by atoms with Crippen LogP contribution in [0.25, 0.3) is 0 Å². The maximum absolute atomic E-state index is 13.9. The smallest absolute Gasteiger partial charge is 0.270 e. The van der Waals surface area contributed by atoms with Crippen LogP contribution in [0.5, 0.6) is 0 Å². The molecule has 234 valence electrons. The van der Waals surface area contributed by atoms with E-state index in [9.17, 15) is 19.5 Å². The van der Waals surface area contributed by atoms with E-state index in [1.807, 2.05) is 30.3 Å². The lowest BCUT2D eigenvalue weighted by molar-refractivity contribution is -0.385. The van der Waals surface area contributed by atoms with Crippen LogP contribution in [0.15, 0.2) is 59.5 Å². The summed E-state index contributed by atoms with van der Waals surface area (Å²) in [7, 11) is 1.78. The van der Waals surface area contributed by atoms with Gasteiger partial charge in [-0.1, -0.05) is 47.5 Å². The molecule has 0 bridgehead atoms. The molecule has 0 radical (unpaired) electrons. The molecule has 10 heteroatoms. The molecule has 44 heavy (non-hydrogen) atoms. The van der Waals surface area contributed by atoms with Gasteiger partial charge in [-0.05, 0) is 117 Å². The zero-order valence-corrected chi connectivity index (χ0v) is 27.6. The number of nitro benzene ring substituents is 1. The Hall–Kier alpha value is -2.62. The summed E-state index contributed by atoms with van der Waals surface area (Å²) >= 11 is 11.7. The van der Waals surface area contributed by atoms with Gasteiger partial charge in [0.05, 0.1) is 15.0 Å². The van der Waals surface area contributed by atoms with Crippen LogP contribution in [0.2, 0.25) is 10.0 Å². The molecule has 0 saturated carbocycles. The van der Waals surface area contributed by atoms with E-state index in [0.717, 1.165) is 86.2 Å². The molecule has 7 nitrogen and oxygen atoms in total. The van der Waals surface area contributed by atoms with Gasteiger partial charge in [-0.3, -0.25) is 14.9 Å². The minimum absolute atomic E-state index is 0.00537. The second kappa shape index (κ2) is 14.6. The van der Waals surface area contributed by atoms with E-state index in [-0.39, 0.29) is 17.5 Å². The highest BCUT2D eigenvalue weighted by Gasteiger charge is 2.28. The average molecular weight is 657 g/mol. The van der Waals surface area contributed by atoms with Crippen molar-refractivity contribution >= 4 is 46.0 Å². The number of amides is 1. The fourth-order valence-electron chi connectivity index (χ4n) is 6.78. The number of halogens is 2. The number of benzene rings is 3. The molecule has 1 saturated heterocycles. The van der Waals surface area contributed by atoms with Gasteiger partial charge >= 0.3 is 0 Å². The van der Waals surface area contributed by atoms with Crippen LogP contribution in [0.4, 0.5) is 5.69 Å². The number of carbonyl (C=O) groups excluding carboxylic acids is 1. The summed E-state index contributed by atoms with van der Waals surface area (Å²) in [6.07, 6.45) is 8.01.